The van der Waals surface area contributed by atoms with Crippen molar-refractivity contribution in [2.45, 2.75) is 19.4 Å². The van der Waals surface area contributed by atoms with Crippen molar-refractivity contribution in [1.82, 2.24) is 25.3 Å². The number of pyridine rings is 2. The summed E-state index contributed by atoms with van der Waals surface area (Å²) in [6.45, 7) is 0.487. The predicted molar refractivity (Wildman–Crippen MR) is 86.0 cm³/mol. The summed E-state index contributed by atoms with van der Waals surface area (Å²) in [5, 5.41) is 2.87. The first kappa shape index (κ1) is 14.6. The summed E-state index contributed by atoms with van der Waals surface area (Å²) in [4.78, 5) is 27.6. The Morgan fingerprint density at radius 1 is 1.36 bits per heavy atom. The summed E-state index contributed by atoms with van der Waals surface area (Å²) in [5.74, 6) is 0.746. The molecule has 7 heteroatoms. The van der Waals surface area contributed by atoms with E-state index < -0.39 is 0 Å². The SMILES string of the molecule is O=C(CCc1nc2ncc(Br)cc2[nH]1)NCc1cccnc1. The van der Waals surface area contributed by atoms with Crippen molar-refractivity contribution < 1.29 is 4.79 Å². The lowest BCUT2D eigenvalue weighted by atomic mass is 10.2. The first-order valence-electron chi connectivity index (χ1n) is 6.86. The van der Waals surface area contributed by atoms with Crippen molar-refractivity contribution in [3.8, 4) is 0 Å². The van der Waals surface area contributed by atoms with Gasteiger partial charge in [-0.25, -0.2) is 9.97 Å². The zero-order chi connectivity index (χ0) is 15.4. The Morgan fingerprint density at radius 3 is 3.09 bits per heavy atom. The fourth-order valence-electron chi connectivity index (χ4n) is 2.07. The van der Waals surface area contributed by atoms with Gasteiger partial charge >= 0.3 is 0 Å². The maximum absolute atomic E-state index is 11.9. The van der Waals surface area contributed by atoms with Gasteiger partial charge in [0.25, 0.3) is 0 Å². The third-order valence-corrected chi connectivity index (χ3v) is 3.59. The maximum atomic E-state index is 11.9. The molecule has 0 aliphatic rings. The number of rotatable bonds is 5. The van der Waals surface area contributed by atoms with Crippen molar-refractivity contribution >= 4 is 33.0 Å². The summed E-state index contributed by atoms with van der Waals surface area (Å²) in [7, 11) is 0. The molecule has 0 aliphatic carbocycles. The number of aromatic nitrogens is 4. The van der Waals surface area contributed by atoms with Gasteiger partial charge in [0.05, 0.1) is 5.52 Å². The van der Waals surface area contributed by atoms with E-state index in [1.54, 1.807) is 18.6 Å². The number of nitrogens with zero attached hydrogens (tertiary/aromatic N) is 3. The van der Waals surface area contributed by atoms with Gasteiger partial charge in [0.2, 0.25) is 5.91 Å². The number of halogens is 1. The van der Waals surface area contributed by atoms with Gasteiger partial charge in [-0.1, -0.05) is 6.07 Å². The molecule has 0 saturated carbocycles. The zero-order valence-electron chi connectivity index (χ0n) is 11.7. The van der Waals surface area contributed by atoms with Gasteiger partial charge in [-0.2, -0.15) is 0 Å². The van der Waals surface area contributed by atoms with Crippen LogP contribution >= 0.6 is 15.9 Å². The van der Waals surface area contributed by atoms with Gasteiger partial charge in [-0.3, -0.25) is 9.78 Å². The van der Waals surface area contributed by atoms with Crippen molar-refractivity contribution in [2.24, 2.45) is 0 Å². The lowest BCUT2D eigenvalue weighted by Gasteiger charge is -2.03. The van der Waals surface area contributed by atoms with Crippen molar-refractivity contribution in [3.05, 3.63) is 52.7 Å². The highest BCUT2D eigenvalue weighted by Gasteiger charge is 2.07. The van der Waals surface area contributed by atoms with Crippen LogP contribution in [0.3, 0.4) is 0 Å². The molecule has 0 radical (unpaired) electrons. The lowest BCUT2D eigenvalue weighted by molar-refractivity contribution is -0.121. The van der Waals surface area contributed by atoms with Crippen LogP contribution in [0.25, 0.3) is 11.2 Å². The Bertz CT molecular complexity index is 787. The molecular weight excluding hydrogens is 346 g/mol. The summed E-state index contributed by atoms with van der Waals surface area (Å²) < 4.78 is 0.893. The molecule has 2 N–H and O–H groups in total. The van der Waals surface area contributed by atoms with Crippen LogP contribution in [0.5, 0.6) is 0 Å². The normalized spacial score (nSPS) is 10.8. The monoisotopic (exact) mass is 359 g/mol. The largest absolute Gasteiger partial charge is 0.352 e. The Balaban J connectivity index is 1.53. The molecule has 0 atom stereocenters. The molecule has 3 aromatic rings. The number of hydrogen-bond donors (Lipinski definition) is 2. The number of aryl methyl sites for hydroxylation is 1. The number of nitrogens with one attached hydrogen (secondary N) is 2. The van der Waals surface area contributed by atoms with Gasteiger partial charge in [0.15, 0.2) is 5.65 Å². The third-order valence-electron chi connectivity index (χ3n) is 3.15. The number of hydrogen-bond acceptors (Lipinski definition) is 4. The average molecular weight is 360 g/mol. The maximum Gasteiger partial charge on any atom is 0.220 e. The van der Waals surface area contributed by atoms with E-state index in [2.05, 4.69) is 41.2 Å². The predicted octanol–water partition coefficient (Wildman–Crippen LogP) is 2.36. The summed E-state index contributed by atoms with van der Waals surface area (Å²) >= 11 is 3.37. The average Bonchev–Trinajstić information content (AvgIpc) is 2.94. The molecule has 1 amide bonds. The second kappa shape index (κ2) is 6.65. The van der Waals surface area contributed by atoms with Gasteiger partial charge in [-0.05, 0) is 33.6 Å². The number of H-pyrrole nitrogens is 1. The number of fused-ring (bicyclic) bond motifs is 1. The van der Waals surface area contributed by atoms with E-state index in [1.165, 1.54) is 0 Å². The van der Waals surface area contributed by atoms with Crippen LogP contribution in [0.2, 0.25) is 0 Å². The Hall–Kier alpha value is -2.28. The quantitative estimate of drug-likeness (QED) is 0.732. The Morgan fingerprint density at radius 2 is 2.27 bits per heavy atom. The van der Waals surface area contributed by atoms with Crippen LogP contribution in [0.1, 0.15) is 17.8 Å². The molecule has 6 nitrogen and oxygen atoms in total. The molecule has 0 saturated heterocycles. The second-order valence-corrected chi connectivity index (χ2v) is 5.76. The molecule has 0 aromatic carbocycles. The van der Waals surface area contributed by atoms with E-state index in [4.69, 9.17) is 0 Å². The van der Waals surface area contributed by atoms with Crippen molar-refractivity contribution in [1.29, 1.82) is 0 Å². The minimum atomic E-state index is -0.0153. The van der Waals surface area contributed by atoms with Crippen LogP contribution < -0.4 is 5.32 Å². The van der Waals surface area contributed by atoms with Crippen molar-refractivity contribution in [2.75, 3.05) is 0 Å². The summed E-state index contributed by atoms with van der Waals surface area (Å²) in [6, 6.07) is 5.69. The molecule has 0 bridgehead atoms. The highest BCUT2D eigenvalue weighted by molar-refractivity contribution is 9.10. The number of imidazole rings is 1. The minimum absolute atomic E-state index is 0.0153. The van der Waals surface area contributed by atoms with E-state index in [0.29, 0.717) is 25.0 Å². The number of amides is 1. The van der Waals surface area contributed by atoms with Crippen LogP contribution in [0.4, 0.5) is 0 Å². The molecule has 0 spiro atoms. The van der Waals surface area contributed by atoms with Crippen LogP contribution in [0.15, 0.2) is 41.3 Å². The molecular formula is C15H14BrN5O. The number of aromatic amines is 1. The van der Waals surface area contributed by atoms with Gasteiger partial charge in [0.1, 0.15) is 5.82 Å². The molecule has 3 aromatic heterocycles. The fraction of sp³-hybridized carbons (Fsp3) is 0.200. The van der Waals surface area contributed by atoms with Gasteiger partial charge < -0.3 is 10.3 Å². The summed E-state index contributed by atoms with van der Waals surface area (Å²) in [6.07, 6.45) is 6.07. The molecule has 112 valence electrons. The van der Waals surface area contributed by atoms with Crippen LogP contribution in [-0.2, 0) is 17.8 Å². The number of carbonyl (C=O) groups excluding carboxylic acids is 1. The standard InChI is InChI=1S/C15H14BrN5O/c16-11-6-12-15(19-9-11)21-13(20-12)3-4-14(22)18-8-10-2-1-5-17-7-10/h1-2,5-7,9H,3-4,8H2,(H,18,22)(H,19,20,21). The Labute approximate surface area is 135 Å². The van der Waals surface area contributed by atoms with E-state index in [-0.39, 0.29) is 5.91 Å². The van der Waals surface area contributed by atoms with Crippen LogP contribution in [0, 0.1) is 0 Å². The third kappa shape index (κ3) is 3.67. The molecule has 0 unspecified atom stereocenters. The first-order chi connectivity index (χ1) is 10.7. The number of carbonyl (C=O) groups is 1. The van der Waals surface area contributed by atoms with E-state index in [1.807, 2.05) is 18.2 Å². The van der Waals surface area contributed by atoms with E-state index >= 15 is 0 Å². The molecule has 0 fully saturated rings. The highest BCUT2D eigenvalue weighted by atomic mass is 79.9. The Kier molecular flexibility index (Phi) is 4.43. The second-order valence-electron chi connectivity index (χ2n) is 4.85. The molecule has 3 heterocycles. The lowest BCUT2D eigenvalue weighted by Crippen LogP contribution is -2.23. The molecule has 0 aliphatic heterocycles. The highest BCUT2D eigenvalue weighted by Crippen LogP contribution is 2.15. The molecule has 22 heavy (non-hydrogen) atoms. The van der Waals surface area contributed by atoms with E-state index in [9.17, 15) is 4.79 Å². The van der Waals surface area contributed by atoms with Crippen molar-refractivity contribution in [3.63, 3.8) is 0 Å². The summed E-state index contributed by atoms with van der Waals surface area (Å²) in [5.41, 5.74) is 2.50. The smallest absolute Gasteiger partial charge is 0.220 e. The van der Waals surface area contributed by atoms with Gasteiger partial charge in [0, 0.05) is 42.4 Å². The minimum Gasteiger partial charge on any atom is -0.352 e. The zero-order valence-corrected chi connectivity index (χ0v) is 13.3. The van der Waals surface area contributed by atoms with E-state index in [0.717, 1.165) is 21.4 Å². The molecule has 3 rings (SSSR count). The van der Waals surface area contributed by atoms with Gasteiger partial charge in [-0.15, -0.1) is 0 Å². The first-order valence-corrected chi connectivity index (χ1v) is 7.66. The topological polar surface area (TPSA) is 83.6 Å². The fourth-order valence-corrected chi connectivity index (χ4v) is 2.40. The van der Waals surface area contributed by atoms with Crippen LogP contribution in [-0.4, -0.2) is 25.8 Å².